The molecule has 3 heterocycles. The van der Waals surface area contributed by atoms with Crippen LogP contribution in [0, 0.1) is 0 Å². The monoisotopic (exact) mass is 319 g/mol. The number of hydrogen-bond donors (Lipinski definition) is 0. The molecule has 4 heteroatoms. The fourth-order valence-corrected chi connectivity index (χ4v) is 4.97. The summed E-state index contributed by atoms with van der Waals surface area (Å²) in [5, 5.41) is 2.15. The van der Waals surface area contributed by atoms with E-state index in [1.807, 2.05) is 0 Å². The van der Waals surface area contributed by atoms with Gasteiger partial charge in [-0.1, -0.05) is 39.0 Å². The van der Waals surface area contributed by atoms with E-state index in [4.69, 9.17) is 0 Å². The van der Waals surface area contributed by atoms with Crippen LogP contribution in [0.4, 0.5) is 0 Å². The van der Waals surface area contributed by atoms with Crippen molar-refractivity contribution in [3.8, 4) is 0 Å². The summed E-state index contributed by atoms with van der Waals surface area (Å²) in [6.45, 7) is 3.32. The lowest BCUT2D eigenvalue weighted by Gasteiger charge is -2.05. The van der Waals surface area contributed by atoms with Gasteiger partial charge < -0.3 is 4.57 Å². The summed E-state index contributed by atoms with van der Waals surface area (Å²) >= 11 is 3.41. The molecule has 0 bridgehead atoms. The predicted molar refractivity (Wildman–Crippen MR) is 94.0 cm³/mol. The third-order valence-corrected chi connectivity index (χ3v) is 6.13. The molecule has 0 fully saturated rings. The van der Waals surface area contributed by atoms with Crippen LogP contribution in [0.2, 0.25) is 0 Å². The maximum absolute atomic E-state index is 11.0. The quantitative estimate of drug-likeness (QED) is 0.364. The van der Waals surface area contributed by atoms with Gasteiger partial charge in [0.2, 0.25) is 0 Å². The zero-order chi connectivity index (χ0) is 14.7. The Labute approximate surface area is 133 Å². The fourth-order valence-electron chi connectivity index (χ4n) is 2.93. The number of carbonyl (C=O) groups excluding carboxylic acids is 1. The van der Waals surface area contributed by atoms with Crippen molar-refractivity contribution < 1.29 is 4.79 Å². The van der Waals surface area contributed by atoms with Gasteiger partial charge in [0.05, 0.1) is 25.3 Å². The number of rotatable bonds is 8. The number of thiophene rings is 2. The SMILES string of the molecule is CCCCCCCCn1c2ccsc2c2sc(C=O)cc21. The van der Waals surface area contributed by atoms with Crippen LogP contribution in [-0.4, -0.2) is 10.9 Å². The molecular formula is C17H21NOS2. The average molecular weight is 319 g/mol. The minimum Gasteiger partial charge on any atom is -0.339 e. The summed E-state index contributed by atoms with van der Waals surface area (Å²) in [5.41, 5.74) is 2.59. The summed E-state index contributed by atoms with van der Waals surface area (Å²) in [7, 11) is 0. The number of aromatic nitrogens is 1. The number of aldehydes is 1. The van der Waals surface area contributed by atoms with Gasteiger partial charge in [-0.15, -0.1) is 22.7 Å². The van der Waals surface area contributed by atoms with Crippen LogP contribution in [0.15, 0.2) is 17.5 Å². The van der Waals surface area contributed by atoms with Crippen LogP contribution in [0.1, 0.15) is 55.1 Å². The molecule has 0 aliphatic heterocycles. The topological polar surface area (TPSA) is 22.0 Å². The van der Waals surface area contributed by atoms with E-state index in [1.165, 1.54) is 59.0 Å². The summed E-state index contributed by atoms with van der Waals surface area (Å²) < 4.78 is 5.03. The Kier molecular flexibility index (Phi) is 4.76. The largest absolute Gasteiger partial charge is 0.339 e. The molecule has 0 unspecified atom stereocenters. The Morgan fingerprint density at radius 1 is 1.10 bits per heavy atom. The van der Waals surface area contributed by atoms with E-state index in [0.29, 0.717) is 0 Å². The van der Waals surface area contributed by atoms with E-state index in [-0.39, 0.29) is 0 Å². The van der Waals surface area contributed by atoms with E-state index < -0.39 is 0 Å². The van der Waals surface area contributed by atoms with Gasteiger partial charge in [-0.2, -0.15) is 0 Å². The first-order valence-corrected chi connectivity index (χ1v) is 9.49. The molecule has 0 aliphatic rings. The molecule has 0 saturated carbocycles. The molecule has 0 spiro atoms. The first kappa shape index (κ1) is 14.8. The molecule has 0 atom stereocenters. The van der Waals surface area contributed by atoms with Crippen LogP contribution in [0.5, 0.6) is 0 Å². The summed E-state index contributed by atoms with van der Waals surface area (Å²) in [6, 6.07) is 4.27. The Morgan fingerprint density at radius 2 is 1.90 bits per heavy atom. The summed E-state index contributed by atoms with van der Waals surface area (Å²) in [4.78, 5) is 11.9. The molecule has 0 radical (unpaired) electrons. The molecular weight excluding hydrogens is 298 g/mol. The fraction of sp³-hybridized carbons (Fsp3) is 0.471. The van der Waals surface area contributed by atoms with Crippen LogP contribution < -0.4 is 0 Å². The third kappa shape index (κ3) is 2.92. The molecule has 0 amide bonds. The van der Waals surface area contributed by atoms with Gasteiger partial charge >= 0.3 is 0 Å². The smallest absolute Gasteiger partial charge is 0.160 e. The first-order chi connectivity index (χ1) is 10.3. The second kappa shape index (κ2) is 6.75. The number of hydrogen-bond acceptors (Lipinski definition) is 3. The minimum atomic E-state index is 0.840. The van der Waals surface area contributed by atoms with Gasteiger partial charge in [-0.3, -0.25) is 4.79 Å². The number of nitrogens with zero attached hydrogens (tertiary/aromatic N) is 1. The molecule has 0 saturated heterocycles. The maximum Gasteiger partial charge on any atom is 0.160 e. The van der Waals surface area contributed by atoms with Crippen molar-refractivity contribution >= 4 is 49.4 Å². The summed E-state index contributed by atoms with van der Waals surface area (Å²) in [5.74, 6) is 0. The molecule has 0 aromatic carbocycles. The van der Waals surface area contributed by atoms with E-state index in [2.05, 4.69) is 29.0 Å². The highest BCUT2D eigenvalue weighted by atomic mass is 32.1. The Hall–Kier alpha value is -1.13. The maximum atomic E-state index is 11.0. The molecule has 2 nitrogen and oxygen atoms in total. The van der Waals surface area contributed by atoms with Crippen LogP contribution in [-0.2, 0) is 6.54 Å². The number of unbranched alkanes of at least 4 members (excludes halogenated alkanes) is 5. The lowest BCUT2D eigenvalue weighted by molar-refractivity contribution is 0.112. The number of fused-ring (bicyclic) bond motifs is 3. The van der Waals surface area contributed by atoms with Crippen molar-refractivity contribution in [1.82, 2.24) is 4.57 Å². The van der Waals surface area contributed by atoms with E-state index in [9.17, 15) is 4.79 Å². The van der Waals surface area contributed by atoms with Crippen molar-refractivity contribution in [2.45, 2.75) is 52.0 Å². The van der Waals surface area contributed by atoms with Crippen LogP contribution in [0.3, 0.4) is 0 Å². The Balaban J connectivity index is 1.77. The standard InChI is InChI=1S/C17H21NOS2/c1-2-3-4-5-6-7-9-18-14-8-10-20-16(14)17-15(18)11-13(12-19)21-17/h8,10-12H,2-7,9H2,1H3. The molecule has 3 aromatic rings. The van der Waals surface area contributed by atoms with E-state index in [1.54, 1.807) is 22.7 Å². The summed E-state index contributed by atoms with van der Waals surface area (Å²) in [6.07, 6.45) is 8.86. The van der Waals surface area contributed by atoms with Crippen molar-refractivity contribution in [2.75, 3.05) is 0 Å². The third-order valence-electron chi connectivity index (χ3n) is 4.02. The van der Waals surface area contributed by atoms with Gasteiger partial charge in [-0.05, 0) is 23.9 Å². The number of aryl methyl sites for hydroxylation is 1. The molecule has 0 N–H and O–H groups in total. The van der Waals surface area contributed by atoms with Crippen molar-refractivity contribution in [2.24, 2.45) is 0 Å². The van der Waals surface area contributed by atoms with Gasteiger partial charge in [0.1, 0.15) is 0 Å². The lowest BCUT2D eigenvalue weighted by Crippen LogP contribution is -1.96. The van der Waals surface area contributed by atoms with Gasteiger partial charge in [0.15, 0.2) is 6.29 Å². The van der Waals surface area contributed by atoms with E-state index in [0.717, 1.165) is 17.7 Å². The molecule has 3 aromatic heterocycles. The molecule has 21 heavy (non-hydrogen) atoms. The van der Waals surface area contributed by atoms with Gasteiger partial charge in [0.25, 0.3) is 0 Å². The van der Waals surface area contributed by atoms with E-state index >= 15 is 0 Å². The molecule has 3 rings (SSSR count). The second-order valence-electron chi connectivity index (χ2n) is 5.54. The van der Waals surface area contributed by atoms with Crippen LogP contribution in [0.25, 0.3) is 20.4 Å². The first-order valence-electron chi connectivity index (χ1n) is 7.79. The Bertz CT molecular complexity index is 735. The van der Waals surface area contributed by atoms with Crippen molar-refractivity contribution in [3.05, 3.63) is 22.4 Å². The molecule has 112 valence electrons. The molecule has 0 aliphatic carbocycles. The minimum absolute atomic E-state index is 0.840. The zero-order valence-electron chi connectivity index (χ0n) is 12.4. The number of carbonyl (C=O) groups is 1. The lowest BCUT2D eigenvalue weighted by atomic mass is 10.1. The zero-order valence-corrected chi connectivity index (χ0v) is 14.1. The highest BCUT2D eigenvalue weighted by molar-refractivity contribution is 7.27. The van der Waals surface area contributed by atoms with Gasteiger partial charge in [-0.25, -0.2) is 0 Å². The highest BCUT2D eigenvalue weighted by Gasteiger charge is 2.14. The van der Waals surface area contributed by atoms with Crippen molar-refractivity contribution in [3.63, 3.8) is 0 Å². The van der Waals surface area contributed by atoms with Crippen molar-refractivity contribution in [1.29, 1.82) is 0 Å². The van der Waals surface area contributed by atoms with Crippen LogP contribution >= 0.6 is 22.7 Å². The Morgan fingerprint density at radius 3 is 2.71 bits per heavy atom. The predicted octanol–water partition coefficient (Wildman–Crippen LogP) is 6.09. The average Bonchev–Trinajstić information content (AvgIpc) is 3.16. The van der Waals surface area contributed by atoms with Gasteiger partial charge in [0, 0.05) is 6.54 Å². The second-order valence-corrected chi connectivity index (χ2v) is 7.54. The highest BCUT2D eigenvalue weighted by Crippen LogP contribution is 2.38. The normalized spacial score (nSPS) is 11.7.